The second-order valence-electron chi connectivity index (χ2n) is 8.63. The highest BCUT2D eigenvalue weighted by molar-refractivity contribution is 7.10. The molecule has 3 amide bonds. The molecular weight excluding hydrogens is 521 g/mol. The number of amides is 3. The van der Waals surface area contributed by atoms with Gasteiger partial charge in [-0.25, -0.2) is 4.98 Å². The molecule has 1 N–H and O–H groups in total. The zero-order valence-corrected chi connectivity index (χ0v) is 20.6. The Hall–Kier alpha value is -4.26. The normalized spacial score (nSPS) is 14.1. The molecule has 196 valence electrons. The first kappa shape index (κ1) is 25.4. The number of carbonyl (C=O) groups is 3. The molecule has 0 unspecified atom stereocenters. The van der Waals surface area contributed by atoms with Crippen molar-refractivity contribution >= 4 is 45.6 Å². The Balaban J connectivity index is 1.18. The SMILES string of the molecule is O=C(Nc1ccc2nn(CC(=O)N3CCN(C(=O)c4ccccc4)CC3)cc2c1)c1csc(C(F)(F)F)n1. The van der Waals surface area contributed by atoms with E-state index in [1.54, 1.807) is 46.3 Å². The van der Waals surface area contributed by atoms with Crippen molar-refractivity contribution < 1.29 is 27.6 Å². The largest absolute Gasteiger partial charge is 0.443 e. The Morgan fingerprint density at radius 3 is 2.37 bits per heavy atom. The molecule has 2 aromatic carbocycles. The van der Waals surface area contributed by atoms with E-state index in [4.69, 9.17) is 0 Å². The zero-order chi connectivity index (χ0) is 26.9. The molecule has 9 nitrogen and oxygen atoms in total. The van der Waals surface area contributed by atoms with Gasteiger partial charge in [0.2, 0.25) is 5.91 Å². The Kier molecular flexibility index (Phi) is 6.85. The summed E-state index contributed by atoms with van der Waals surface area (Å²) in [5.74, 6) is -0.958. The summed E-state index contributed by atoms with van der Waals surface area (Å²) in [6, 6.07) is 13.8. The smallest absolute Gasteiger partial charge is 0.338 e. The summed E-state index contributed by atoms with van der Waals surface area (Å²) in [5, 5.41) is 7.54. The molecule has 1 saturated heterocycles. The van der Waals surface area contributed by atoms with Crippen molar-refractivity contribution in [2.45, 2.75) is 12.7 Å². The van der Waals surface area contributed by atoms with Crippen LogP contribution in [0, 0.1) is 0 Å². The van der Waals surface area contributed by atoms with Crippen LogP contribution in [0.2, 0.25) is 0 Å². The second-order valence-corrected chi connectivity index (χ2v) is 9.49. The van der Waals surface area contributed by atoms with Crippen LogP contribution in [0.1, 0.15) is 25.9 Å². The molecule has 38 heavy (non-hydrogen) atoms. The molecule has 1 aliphatic heterocycles. The summed E-state index contributed by atoms with van der Waals surface area (Å²) in [5.41, 5.74) is 1.23. The fraction of sp³-hybridized carbons (Fsp3) is 0.240. The first-order chi connectivity index (χ1) is 18.2. The predicted molar refractivity (Wildman–Crippen MR) is 134 cm³/mol. The topological polar surface area (TPSA) is 100 Å². The maximum atomic E-state index is 12.9. The van der Waals surface area contributed by atoms with Gasteiger partial charge in [-0.3, -0.25) is 19.1 Å². The van der Waals surface area contributed by atoms with E-state index in [9.17, 15) is 27.6 Å². The highest BCUT2D eigenvalue weighted by atomic mass is 32.1. The number of halogens is 3. The number of fused-ring (bicyclic) bond motifs is 1. The van der Waals surface area contributed by atoms with Gasteiger partial charge in [0.05, 0.1) is 5.52 Å². The van der Waals surface area contributed by atoms with Crippen molar-refractivity contribution in [2.24, 2.45) is 0 Å². The fourth-order valence-corrected chi connectivity index (χ4v) is 4.77. The van der Waals surface area contributed by atoms with Gasteiger partial charge in [-0.2, -0.15) is 18.3 Å². The Morgan fingerprint density at radius 2 is 1.68 bits per heavy atom. The lowest BCUT2D eigenvalue weighted by molar-refractivity contribution is -0.137. The number of rotatable bonds is 5. The van der Waals surface area contributed by atoms with Crippen molar-refractivity contribution in [3.05, 3.63) is 76.4 Å². The molecule has 0 saturated carbocycles. The monoisotopic (exact) mass is 542 g/mol. The number of nitrogens with one attached hydrogen (secondary N) is 1. The third-order valence-corrected chi connectivity index (χ3v) is 6.91. The summed E-state index contributed by atoms with van der Waals surface area (Å²) >= 11 is 0.353. The van der Waals surface area contributed by atoms with Gasteiger partial charge in [-0.05, 0) is 30.3 Å². The highest BCUT2D eigenvalue weighted by Crippen LogP contribution is 2.31. The van der Waals surface area contributed by atoms with Crippen LogP contribution in [0.25, 0.3) is 10.9 Å². The van der Waals surface area contributed by atoms with Crippen LogP contribution in [0.15, 0.2) is 60.1 Å². The van der Waals surface area contributed by atoms with E-state index < -0.39 is 17.1 Å². The number of alkyl halides is 3. The van der Waals surface area contributed by atoms with Gasteiger partial charge < -0.3 is 15.1 Å². The van der Waals surface area contributed by atoms with Crippen LogP contribution in [-0.2, 0) is 17.5 Å². The average molecular weight is 543 g/mol. The Morgan fingerprint density at radius 1 is 0.974 bits per heavy atom. The quantitative estimate of drug-likeness (QED) is 0.414. The van der Waals surface area contributed by atoms with Crippen LogP contribution in [-0.4, -0.2) is 68.5 Å². The average Bonchev–Trinajstić information content (AvgIpc) is 3.56. The fourth-order valence-electron chi connectivity index (χ4n) is 4.10. The van der Waals surface area contributed by atoms with Crippen molar-refractivity contribution in [3.63, 3.8) is 0 Å². The number of anilines is 1. The number of benzene rings is 2. The Labute approximate surface area is 218 Å². The number of hydrogen-bond donors (Lipinski definition) is 1. The molecule has 0 atom stereocenters. The minimum atomic E-state index is -4.61. The number of hydrogen-bond acceptors (Lipinski definition) is 6. The number of aromatic nitrogens is 3. The molecule has 2 aromatic heterocycles. The standard InChI is InChI=1S/C25H21F3N6O3S/c26-25(27,28)24-30-20(15-38-24)22(36)29-18-6-7-19-17(12-18)13-34(31-19)14-21(35)32-8-10-33(11-9-32)23(37)16-4-2-1-3-5-16/h1-7,12-13,15H,8-11,14H2,(H,29,36). The molecule has 0 aliphatic carbocycles. The van der Waals surface area contributed by atoms with Crippen LogP contribution in [0.3, 0.4) is 0 Å². The summed E-state index contributed by atoms with van der Waals surface area (Å²) in [4.78, 5) is 44.6. The van der Waals surface area contributed by atoms with Crippen LogP contribution < -0.4 is 5.32 Å². The Bertz CT molecular complexity index is 1490. The number of nitrogens with zero attached hydrogens (tertiary/aromatic N) is 5. The van der Waals surface area contributed by atoms with Gasteiger partial charge in [0.25, 0.3) is 11.8 Å². The molecule has 1 aliphatic rings. The summed E-state index contributed by atoms with van der Waals surface area (Å²) in [6.45, 7) is 1.71. The highest BCUT2D eigenvalue weighted by Gasteiger charge is 2.35. The van der Waals surface area contributed by atoms with Gasteiger partial charge in [0, 0.05) is 54.4 Å². The van der Waals surface area contributed by atoms with Crippen LogP contribution in [0.5, 0.6) is 0 Å². The lowest BCUT2D eigenvalue weighted by Crippen LogP contribution is -2.51. The minimum Gasteiger partial charge on any atom is -0.338 e. The number of thiazole rings is 1. The van der Waals surface area contributed by atoms with E-state index in [-0.39, 0.29) is 24.1 Å². The lowest BCUT2D eigenvalue weighted by atomic mass is 10.2. The lowest BCUT2D eigenvalue weighted by Gasteiger charge is -2.34. The molecule has 13 heteroatoms. The van der Waals surface area contributed by atoms with Crippen LogP contribution in [0.4, 0.5) is 18.9 Å². The second kappa shape index (κ2) is 10.2. The van der Waals surface area contributed by atoms with E-state index in [0.717, 1.165) is 5.38 Å². The first-order valence-corrected chi connectivity index (χ1v) is 12.5. The third-order valence-electron chi connectivity index (χ3n) is 6.03. The summed E-state index contributed by atoms with van der Waals surface area (Å²) in [6.07, 6.45) is -2.95. The van der Waals surface area contributed by atoms with E-state index in [1.165, 1.54) is 4.68 Å². The molecular formula is C25H21F3N6O3S. The van der Waals surface area contributed by atoms with E-state index in [1.807, 2.05) is 18.2 Å². The van der Waals surface area contributed by atoms with Crippen LogP contribution >= 0.6 is 11.3 Å². The molecule has 3 heterocycles. The van der Waals surface area contributed by atoms with Crippen molar-refractivity contribution in [2.75, 3.05) is 31.5 Å². The predicted octanol–water partition coefficient (Wildman–Crippen LogP) is 3.75. The van der Waals surface area contributed by atoms with Gasteiger partial charge >= 0.3 is 6.18 Å². The van der Waals surface area contributed by atoms with Gasteiger partial charge in [-0.15, -0.1) is 11.3 Å². The maximum Gasteiger partial charge on any atom is 0.443 e. The summed E-state index contributed by atoms with van der Waals surface area (Å²) in [7, 11) is 0. The molecule has 0 bridgehead atoms. The van der Waals surface area contributed by atoms with E-state index in [0.29, 0.717) is 59.7 Å². The third kappa shape index (κ3) is 5.52. The van der Waals surface area contributed by atoms with Gasteiger partial charge in [0.15, 0.2) is 5.01 Å². The van der Waals surface area contributed by atoms with Crippen molar-refractivity contribution in [1.82, 2.24) is 24.6 Å². The number of carbonyl (C=O) groups excluding carboxylic acids is 3. The zero-order valence-electron chi connectivity index (χ0n) is 19.8. The van der Waals surface area contributed by atoms with Gasteiger partial charge in [-0.1, -0.05) is 18.2 Å². The minimum absolute atomic E-state index is 0.00203. The molecule has 1 fully saturated rings. The summed E-state index contributed by atoms with van der Waals surface area (Å²) < 4.78 is 39.8. The first-order valence-electron chi connectivity index (χ1n) is 11.6. The van der Waals surface area contributed by atoms with E-state index >= 15 is 0 Å². The molecule has 0 spiro atoms. The number of piperazine rings is 1. The molecule has 0 radical (unpaired) electrons. The maximum absolute atomic E-state index is 12.9. The van der Waals surface area contributed by atoms with Crippen molar-refractivity contribution in [1.29, 1.82) is 0 Å². The van der Waals surface area contributed by atoms with E-state index in [2.05, 4.69) is 15.4 Å². The van der Waals surface area contributed by atoms with Crippen molar-refractivity contribution in [3.8, 4) is 0 Å². The molecule has 5 rings (SSSR count). The van der Waals surface area contributed by atoms with Gasteiger partial charge in [0.1, 0.15) is 12.2 Å². The molecule has 4 aromatic rings.